The number of aliphatic hydroxyl groups excluding tert-OH is 3. The predicted molar refractivity (Wildman–Crippen MR) is 117 cm³/mol. The molecular weight excluding hydrogens is 427 g/mol. The maximum absolute atomic E-state index is 11.7. The first kappa shape index (κ1) is 30.5. The van der Waals surface area contributed by atoms with Crippen molar-refractivity contribution < 1.29 is 43.4 Å². The van der Waals surface area contributed by atoms with Crippen LogP contribution in [0.5, 0.6) is 0 Å². The van der Waals surface area contributed by atoms with E-state index >= 15 is 0 Å². The first-order valence-electron chi connectivity index (χ1n) is 11.4. The second kappa shape index (κ2) is 19.0. The van der Waals surface area contributed by atoms with Crippen LogP contribution in [0, 0.1) is 5.92 Å². The summed E-state index contributed by atoms with van der Waals surface area (Å²) in [6.45, 7) is 2.39. The number of hydrogen-bond donors (Lipinski definition) is 4. The van der Waals surface area contributed by atoms with E-state index in [1.165, 1.54) is 44.9 Å². The molecule has 0 saturated heterocycles. The summed E-state index contributed by atoms with van der Waals surface area (Å²) in [5.41, 5.74) is 0. The monoisotopic (exact) mass is 470 g/mol. The summed E-state index contributed by atoms with van der Waals surface area (Å²) in [5, 5.41) is 27.3. The van der Waals surface area contributed by atoms with Gasteiger partial charge in [-0.2, -0.15) is 0 Å². The van der Waals surface area contributed by atoms with Crippen LogP contribution in [0.3, 0.4) is 0 Å². The van der Waals surface area contributed by atoms with E-state index < -0.39 is 45.8 Å². The highest BCUT2D eigenvalue weighted by Gasteiger charge is 2.24. The van der Waals surface area contributed by atoms with Gasteiger partial charge in [0.15, 0.2) is 0 Å². The lowest BCUT2D eigenvalue weighted by Crippen LogP contribution is -2.24. The van der Waals surface area contributed by atoms with Gasteiger partial charge in [0.2, 0.25) is 0 Å². The van der Waals surface area contributed by atoms with E-state index in [4.69, 9.17) is 14.9 Å². The van der Waals surface area contributed by atoms with Crippen molar-refractivity contribution in [2.75, 3.05) is 26.4 Å². The Morgan fingerprint density at radius 1 is 0.871 bits per heavy atom. The van der Waals surface area contributed by atoms with Crippen LogP contribution in [0.2, 0.25) is 0 Å². The molecule has 9 nitrogen and oxygen atoms in total. The Labute approximate surface area is 186 Å². The number of rotatable bonds is 21. The normalized spacial score (nSPS) is 16.5. The molecule has 0 aliphatic rings. The highest BCUT2D eigenvalue weighted by atomic mass is 31.2. The van der Waals surface area contributed by atoms with E-state index in [1.807, 2.05) is 0 Å². The first-order valence-corrected chi connectivity index (χ1v) is 12.9. The third kappa shape index (κ3) is 19.8. The molecule has 4 unspecified atom stereocenters. The minimum absolute atomic E-state index is 0.267. The Morgan fingerprint density at radius 2 is 1.39 bits per heavy atom. The van der Waals surface area contributed by atoms with Crippen molar-refractivity contribution in [3.8, 4) is 0 Å². The number of carbonyl (C=O) groups excluding carboxylic acids is 1. The van der Waals surface area contributed by atoms with E-state index in [0.29, 0.717) is 0 Å². The van der Waals surface area contributed by atoms with Gasteiger partial charge in [-0.15, -0.1) is 0 Å². The van der Waals surface area contributed by atoms with Crippen molar-refractivity contribution in [1.82, 2.24) is 0 Å². The van der Waals surface area contributed by atoms with Crippen LogP contribution in [0.1, 0.15) is 84.5 Å². The van der Waals surface area contributed by atoms with E-state index in [2.05, 4.69) is 22.9 Å². The van der Waals surface area contributed by atoms with Crippen molar-refractivity contribution in [3.05, 3.63) is 0 Å². The lowest BCUT2D eigenvalue weighted by Gasteiger charge is -2.16. The van der Waals surface area contributed by atoms with Crippen molar-refractivity contribution >= 4 is 13.8 Å². The van der Waals surface area contributed by atoms with Crippen LogP contribution in [0.25, 0.3) is 0 Å². The average Bonchev–Trinajstić information content (AvgIpc) is 2.75. The van der Waals surface area contributed by atoms with Crippen LogP contribution in [-0.4, -0.2) is 64.8 Å². The molecule has 10 heteroatoms. The van der Waals surface area contributed by atoms with Gasteiger partial charge in [0.1, 0.15) is 18.8 Å². The molecule has 4 atom stereocenters. The minimum Gasteiger partial charge on any atom is -0.463 e. The van der Waals surface area contributed by atoms with E-state index in [9.17, 15) is 19.4 Å². The quantitative estimate of drug-likeness (QED) is 0.113. The smallest absolute Gasteiger partial charge is 0.463 e. The molecule has 186 valence electrons. The third-order valence-electron chi connectivity index (χ3n) is 5.03. The topological polar surface area (TPSA) is 143 Å². The number of phosphoric ester groups is 1. The van der Waals surface area contributed by atoms with E-state index in [1.54, 1.807) is 0 Å². The zero-order valence-corrected chi connectivity index (χ0v) is 20.0. The molecule has 4 N–H and O–H groups in total. The predicted octanol–water partition coefficient (Wildman–Crippen LogP) is 3.32. The van der Waals surface area contributed by atoms with Crippen LogP contribution >= 0.6 is 7.82 Å². The van der Waals surface area contributed by atoms with Crippen molar-refractivity contribution in [1.29, 1.82) is 0 Å². The molecule has 0 saturated carbocycles. The second-order valence-electron chi connectivity index (χ2n) is 8.11. The Balaban J connectivity index is 3.61. The number of hydrogen-bond acceptors (Lipinski definition) is 8. The second-order valence-corrected chi connectivity index (χ2v) is 9.57. The van der Waals surface area contributed by atoms with Gasteiger partial charge in [-0.05, 0) is 12.3 Å². The third-order valence-corrected chi connectivity index (χ3v) is 5.98. The van der Waals surface area contributed by atoms with Gasteiger partial charge < -0.3 is 24.9 Å². The lowest BCUT2D eigenvalue weighted by molar-refractivity contribution is -0.147. The van der Waals surface area contributed by atoms with Crippen LogP contribution in [0.15, 0.2) is 0 Å². The summed E-state index contributed by atoms with van der Waals surface area (Å²) < 4.78 is 25.4. The number of ether oxygens (including phenoxy) is 1. The Hall–Kier alpha value is -0.540. The van der Waals surface area contributed by atoms with Crippen molar-refractivity contribution in [2.24, 2.45) is 5.92 Å². The van der Waals surface area contributed by atoms with Crippen LogP contribution < -0.4 is 0 Å². The van der Waals surface area contributed by atoms with Gasteiger partial charge in [-0.25, -0.2) is 4.57 Å². The number of esters is 1. The Kier molecular flexibility index (Phi) is 18.6. The molecule has 0 spiro atoms. The highest BCUT2D eigenvalue weighted by Crippen LogP contribution is 2.43. The molecule has 0 fully saturated rings. The molecule has 0 radical (unpaired) electrons. The minimum atomic E-state index is -4.48. The fraction of sp³-hybridized carbons (Fsp3) is 0.952. The molecule has 0 heterocycles. The van der Waals surface area contributed by atoms with Crippen LogP contribution in [0.4, 0.5) is 0 Å². The van der Waals surface area contributed by atoms with Crippen LogP contribution in [-0.2, 0) is 23.1 Å². The Morgan fingerprint density at radius 3 is 1.94 bits per heavy atom. The molecule has 0 bridgehead atoms. The molecule has 31 heavy (non-hydrogen) atoms. The van der Waals surface area contributed by atoms with Gasteiger partial charge in [0, 0.05) is 6.42 Å². The molecule has 0 aromatic carbocycles. The summed E-state index contributed by atoms with van der Waals surface area (Å²) >= 11 is 0. The number of phosphoric acid groups is 1. The average molecular weight is 471 g/mol. The maximum atomic E-state index is 11.7. The van der Waals surface area contributed by atoms with E-state index in [-0.39, 0.29) is 13.0 Å². The number of carbonyl (C=O) groups is 1. The largest absolute Gasteiger partial charge is 0.472 e. The van der Waals surface area contributed by atoms with Gasteiger partial charge in [0.25, 0.3) is 0 Å². The lowest BCUT2D eigenvalue weighted by atomic mass is 9.99. The molecular formula is C21H43O9P. The van der Waals surface area contributed by atoms with Crippen molar-refractivity contribution in [3.63, 3.8) is 0 Å². The summed E-state index contributed by atoms with van der Waals surface area (Å²) in [5.74, 6) is 0.398. The van der Waals surface area contributed by atoms with Gasteiger partial charge in [0.05, 0.1) is 19.8 Å². The molecule has 0 amide bonds. The molecule has 0 aromatic rings. The summed E-state index contributed by atoms with van der Waals surface area (Å²) in [4.78, 5) is 21.1. The molecule has 0 aliphatic heterocycles. The van der Waals surface area contributed by atoms with Gasteiger partial charge >= 0.3 is 13.8 Å². The van der Waals surface area contributed by atoms with Gasteiger partial charge in [-0.3, -0.25) is 13.8 Å². The number of aliphatic hydroxyl groups is 3. The zero-order valence-electron chi connectivity index (χ0n) is 19.1. The summed E-state index contributed by atoms with van der Waals surface area (Å²) in [6.07, 6.45) is 9.31. The van der Waals surface area contributed by atoms with Gasteiger partial charge in [-0.1, -0.05) is 71.6 Å². The standard InChI is InChI=1S/C21H43O9P/c1-3-18(2)12-10-8-6-4-5-7-9-11-13-21(25)28-15-20(24)17-30-31(26,27)29-16-19(23)14-22/h18-20,22-24H,3-17H2,1-2H3,(H,26,27). The fourth-order valence-electron chi connectivity index (χ4n) is 2.79. The molecule has 0 aliphatic carbocycles. The Bertz CT molecular complexity index is 489. The first-order chi connectivity index (χ1) is 14.7. The van der Waals surface area contributed by atoms with E-state index in [0.717, 1.165) is 25.2 Å². The maximum Gasteiger partial charge on any atom is 0.472 e. The fourth-order valence-corrected chi connectivity index (χ4v) is 3.58. The summed E-state index contributed by atoms with van der Waals surface area (Å²) in [7, 11) is -4.48. The molecule has 0 aromatic heterocycles. The van der Waals surface area contributed by atoms with Crippen molar-refractivity contribution in [2.45, 2.75) is 96.7 Å². The SMILES string of the molecule is CCC(C)CCCCCCCCCCC(=O)OCC(O)COP(=O)(O)OCC(O)CO. The zero-order chi connectivity index (χ0) is 23.5. The number of unbranched alkanes of at least 4 members (excludes halogenated alkanes) is 7. The molecule has 0 rings (SSSR count). The summed E-state index contributed by atoms with van der Waals surface area (Å²) in [6, 6.07) is 0. The highest BCUT2D eigenvalue weighted by molar-refractivity contribution is 7.47.